The fourth-order valence-electron chi connectivity index (χ4n) is 2.86. The predicted molar refractivity (Wildman–Crippen MR) is 111 cm³/mol. The van der Waals surface area contributed by atoms with Gasteiger partial charge in [-0.25, -0.2) is 0 Å². The van der Waals surface area contributed by atoms with E-state index in [9.17, 15) is 9.59 Å². The molecule has 2 amide bonds. The number of para-hydroxylation sites is 1. The molecule has 0 heterocycles. The van der Waals surface area contributed by atoms with Gasteiger partial charge in [-0.2, -0.15) is 0 Å². The fourth-order valence-corrected chi connectivity index (χ4v) is 2.86. The van der Waals surface area contributed by atoms with Crippen molar-refractivity contribution in [3.05, 3.63) is 59.7 Å². The monoisotopic (exact) mass is 367 g/mol. The Morgan fingerprint density at radius 2 is 1.52 bits per heavy atom. The standard InChI is InChI=1S/C22H29N3O2/c1-4-14-25(16-22(27)24-20-9-7-6-8-17(20)3)15-21(26)23-19-12-10-18(5-2)11-13-19/h6-13H,4-5,14-16H2,1-3H3,(H,23,26)(H,24,27). The third kappa shape index (κ3) is 6.87. The number of nitrogens with zero attached hydrogens (tertiary/aromatic N) is 1. The number of anilines is 2. The zero-order chi connectivity index (χ0) is 19.6. The van der Waals surface area contributed by atoms with Crippen molar-refractivity contribution in [1.29, 1.82) is 0 Å². The Kier molecular flexibility index (Phi) is 8.01. The topological polar surface area (TPSA) is 61.4 Å². The molecule has 2 aromatic carbocycles. The molecule has 5 heteroatoms. The minimum atomic E-state index is -0.114. The molecule has 144 valence electrons. The van der Waals surface area contributed by atoms with Gasteiger partial charge < -0.3 is 10.6 Å². The van der Waals surface area contributed by atoms with E-state index < -0.39 is 0 Å². The van der Waals surface area contributed by atoms with Crippen molar-refractivity contribution in [1.82, 2.24) is 4.90 Å². The number of hydrogen-bond donors (Lipinski definition) is 2. The molecule has 0 spiro atoms. The number of amides is 2. The maximum absolute atomic E-state index is 12.4. The first-order valence-corrected chi connectivity index (χ1v) is 9.48. The first-order valence-electron chi connectivity index (χ1n) is 9.48. The summed E-state index contributed by atoms with van der Waals surface area (Å²) in [6, 6.07) is 15.5. The molecule has 0 aliphatic rings. The average Bonchev–Trinajstić information content (AvgIpc) is 2.64. The van der Waals surface area contributed by atoms with Crippen molar-refractivity contribution >= 4 is 23.2 Å². The molecule has 0 aliphatic heterocycles. The van der Waals surface area contributed by atoms with Gasteiger partial charge in [0.05, 0.1) is 13.1 Å². The molecular formula is C22H29N3O2. The molecular weight excluding hydrogens is 338 g/mol. The van der Waals surface area contributed by atoms with E-state index in [4.69, 9.17) is 0 Å². The van der Waals surface area contributed by atoms with Crippen molar-refractivity contribution in [2.45, 2.75) is 33.6 Å². The molecule has 0 fully saturated rings. The highest BCUT2D eigenvalue weighted by atomic mass is 16.2. The Morgan fingerprint density at radius 3 is 2.11 bits per heavy atom. The number of benzene rings is 2. The zero-order valence-electron chi connectivity index (χ0n) is 16.4. The predicted octanol–water partition coefficient (Wildman–Crippen LogP) is 3.85. The Morgan fingerprint density at radius 1 is 0.889 bits per heavy atom. The summed E-state index contributed by atoms with van der Waals surface area (Å²) in [6.07, 6.45) is 1.84. The number of rotatable bonds is 9. The van der Waals surface area contributed by atoms with Gasteiger partial charge in [0.25, 0.3) is 0 Å². The Labute approximate surface area is 161 Å². The molecule has 0 aliphatic carbocycles. The van der Waals surface area contributed by atoms with Crippen LogP contribution in [0.2, 0.25) is 0 Å². The summed E-state index contributed by atoms with van der Waals surface area (Å²) in [7, 11) is 0. The third-order valence-corrected chi connectivity index (χ3v) is 4.34. The number of nitrogens with one attached hydrogen (secondary N) is 2. The number of hydrogen-bond acceptors (Lipinski definition) is 3. The molecule has 2 rings (SSSR count). The Bertz CT molecular complexity index is 756. The van der Waals surface area contributed by atoms with Crippen LogP contribution in [0.4, 0.5) is 11.4 Å². The van der Waals surface area contributed by atoms with Crippen molar-refractivity contribution in [3.8, 4) is 0 Å². The molecule has 0 radical (unpaired) electrons. The molecule has 0 saturated heterocycles. The van der Waals surface area contributed by atoms with Gasteiger partial charge >= 0.3 is 0 Å². The van der Waals surface area contributed by atoms with Crippen molar-refractivity contribution in [2.24, 2.45) is 0 Å². The summed E-state index contributed by atoms with van der Waals surface area (Å²) in [5.74, 6) is -0.228. The SMILES string of the molecule is CCCN(CC(=O)Nc1ccc(CC)cc1)CC(=O)Nc1ccccc1C. The first-order chi connectivity index (χ1) is 13.0. The second-order valence-corrected chi connectivity index (χ2v) is 6.67. The molecule has 0 bridgehead atoms. The van der Waals surface area contributed by atoms with E-state index in [1.807, 2.05) is 67.3 Å². The van der Waals surface area contributed by atoms with Crippen LogP contribution in [0.5, 0.6) is 0 Å². The van der Waals surface area contributed by atoms with Crippen LogP contribution >= 0.6 is 0 Å². The molecule has 27 heavy (non-hydrogen) atoms. The highest BCUT2D eigenvalue weighted by molar-refractivity contribution is 5.95. The second-order valence-electron chi connectivity index (χ2n) is 6.67. The van der Waals surface area contributed by atoms with E-state index in [0.29, 0.717) is 6.54 Å². The molecule has 5 nitrogen and oxygen atoms in total. The first kappa shape index (κ1) is 20.6. The minimum absolute atomic E-state index is 0.113. The third-order valence-electron chi connectivity index (χ3n) is 4.34. The van der Waals surface area contributed by atoms with Crippen molar-refractivity contribution in [2.75, 3.05) is 30.3 Å². The van der Waals surface area contributed by atoms with Crippen LogP contribution in [0.3, 0.4) is 0 Å². The zero-order valence-corrected chi connectivity index (χ0v) is 16.4. The van der Waals surface area contributed by atoms with Gasteiger partial charge in [0.2, 0.25) is 11.8 Å². The van der Waals surface area contributed by atoms with E-state index in [0.717, 1.165) is 29.8 Å². The molecule has 0 saturated carbocycles. The van der Waals surface area contributed by atoms with Gasteiger partial charge in [-0.15, -0.1) is 0 Å². The maximum Gasteiger partial charge on any atom is 0.238 e. The Balaban J connectivity index is 1.90. The second kappa shape index (κ2) is 10.5. The average molecular weight is 367 g/mol. The highest BCUT2D eigenvalue weighted by Gasteiger charge is 2.15. The largest absolute Gasteiger partial charge is 0.325 e. The summed E-state index contributed by atoms with van der Waals surface area (Å²) in [5, 5.41) is 5.82. The van der Waals surface area contributed by atoms with Crippen LogP contribution in [0.25, 0.3) is 0 Å². The van der Waals surface area contributed by atoms with Crippen LogP contribution in [0.1, 0.15) is 31.4 Å². The molecule has 2 aromatic rings. The lowest BCUT2D eigenvalue weighted by atomic mass is 10.1. The smallest absolute Gasteiger partial charge is 0.238 e. The number of aryl methyl sites for hydroxylation is 2. The quantitative estimate of drug-likeness (QED) is 0.708. The van der Waals surface area contributed by atoms with Crippen molar-refractivity contribution in [3.63, 3.8) is 0 Å². The van der Waals surface area contributed by atoms with Crippen LogP contribution in [0, 0.1) is 6.92 Å². The molecule has 0 atom stereocenters. The lowest BCUT2D eigenvalue weighted by molar-refractivity contribution is -0.120. The van der Waals surface area contributed by atoms with E-state index in [-0.39, 0.29) is 24.9 Å². The van der Waals surface area contributed by atoms with Crippen molar-refractivity contribution < 1.29 is 9.59 Å². The minimum Gasteiger partial charge on any atom is -0.325 e. The summed E-state index contributed by atoms with van der Waals surface area (Å²) in [5.41, 5.74) is 3.83. The highest BCUT2D eigenvalue weighted by Crippen LogP contribution is 2.13. The van der Waals surface area contributed by atoms with Gasteiger partial charge in [-0.3, -0.25) is 14.5 Å². The van der Waals surface area contributed by atoms with Crippen LogP contribution in [-0.4, -0.2) is 36.3 Å². The molecule has 2 N–H and O–H groups in total. The summed E-state index contributed by atoms with van der Waals surface area (Å²) >= 11 is 0. The number of carbonyl (C=O) groups is 2. The van der Waals surface area contributed by atoms with E-state index in [1.165, 1.54) is 5.56 Å². The lowest BCUT2D eigenvalue weighted by Gasteiger charge is -2.21. The van der Waals surface area contributed by atoms with Crippen LogP contribution < -0.4 is 10.6 Å². The normalized spacial score (nSPS) is 10.7. The number of carbonyl (C=O) groups excluding carboxylic acids is 2. The van der Waals surface area contributed by atoms with Crippen LogP contribution in [0.15, 0.2) is 48.5 Å². The van der Waals surface area contributed by atoms with E-state index >= 15 is 0 Å². The van der Waals surface area contributed by atoms with Gasteiger partial charge in [0, 0.05) is 11.4 Å². The van der Waals surface area contributed by atoms with E-state index in [2.05, 4.69) is 17.6 Å². The Hall–Kier alpha value is -2.66. The lowest BCUT2D eigenvalue weighted by Crippen LogP contribution is -2.39. The van der Waals surface area contributed by atoms with E-state index in [1.54, 1.807) is 0 Å². The fraction of sp³-hybridized carbons (Fsp3) is 0.364. The van der Waals surface area contributed by atoms with Gasteiger partial charge in [-0.05, 0) is 55.6 Å². The van der Waals surface area contributed by atoms with Gasteiger partial charge in [0.15, 0.2) is 0 Å². The molecule has 0 unspecified atom stereocenters. The summed E-state index contributed by atoms with van der Waals surface area (Å²) in [4.78, 5) is 26.6. The van der Waals surface area contributed by atoms with Gasteiger partial charge in [-0.1, -0.05) is 44.2 Å². The molecule has 0 aromatic heterocycles. The summed E-state index contributed by atoms with van der Waals surface area (Å²) < 4.78 is 0. The van der Waals surface area contributed by atoms with Crippen LogP contribution in [-0.2, 0) is 16.0 Å². The summed E-state index contributed by atoms with van der Waals surface area (Å²) in [6.45, 7) is 7.14. The van der Waals surface area contributed by atoms with Gasteiger partial charge in [0.1, 0.15) is 0 Å². The maximum atomic E-state index is 12.4.